The van der Waals surface area contributed by atoms with Crippen LogP contribution in [0.1, 0.15) is 132 Å². The maximum atomic E-state index is 13.9. The molecule has 37 heavy (non-hydrogen) atoms. The van der Waals surface area contributed by atoms with E-state index >= 15 is 0 Å². The third-order valence-corrected chi connectivity index (χ3v) is 13.4. The van der Waals surface area contributed by atoms with E-state index in [-0.39, 0.29) is 44.6 Å². The molecule has 0 heterocycles. The van der Waals surface area contributed by atoms with E-state index in [1.807, 2.05) is 0 Å². The molecule has 0 aromatic rings. The Labute approximate surface area is 227 Å². The lowest BCUT2D eigenvalue weighted by Crippen LogP contribution is -2.64. The number of unbranched alkanes of at least 4 members (excludes halogenated alkanes) is 1. The van der Waals surface area contributed by atoms with Gasteiger partial charge in [-0.25, -0.2) is 0 Å². The number of carbonyl (C=O) groups excluding carboxylic acids is 1. The molecule has 5 aliphatic carbocycles. The molecule has 4 saturated carbocycles. The Bertz CT molecular complexity index is 947. The van der Waals surface area contributed by atoms with Crippen molar-refractivity contribution in [2.24, 2.45) is 50.2 Å². The van der Waals surface area contributed by atoms with Gasteiger partial charge in [-0.15, -0.1) is 0 Å². The van der Waals surface area contributed by atoms with E-state index in [0.717, 1.165) is 64.2 Å². The van der Waals surface area contributed by atoms with E-state index in [9.17, 15) is 9.90 Å². The maximum Gasteiger partial charge on any atom is 0.312 e. The zero-order valence-electron chi connectivity index (χ0n) is 25.3. The number of aliphatic hydroxyl groups excluding tert-OH is 1. The zero-order valence-corrected chi connectivity index (χ0v) is 25.3. The van der Waals surface area contributed by atoms with Crippen LogP contribution in [0.15, 0.2) is 11.6 Å². The van der Waals surface area contributed by atoms with Crippen molar-refractivity contribution in [3.63, 3.8) is 0 Å². The van der Waals surface area contributed by atoms with Crippen LogP contribution in [0.4, 0.5) is 0 Å². The minimum Gasteiger partial charge on any atom is -0.465 e. The first kappa shape index (κ1) is 27.7. The highest BCUT2D eigenvalue weighted by Crippen LogP contribution is 2.75. The number of ether oxygens (including phenoxy) is 1. The van der Waals surface area contributed by atoms with Gasteiger partial charge >= 0.3 is 5.97 Å². The zero-order chi connectivity index (χ0) is 27.1. The van der Waals surface area contributed by atoms with Crippen molar-refractivity contribution in [3.05, 3.63) is 11.6 Å². The summed E-state index contributed by atoms with van der Waals surface area (Å²) >= 11 is 0. The Balaban J connectivity index is 1.55. The molecule has 1 N–H and O–H groups in total. The number of fused-ring (bicyclic) bond motifs is 7. The largest absolute Gasteiger partial charge is 0.465 e. The summed E-state index contributed by atoms with van der Waals surface area (Å²) in [4.78, 5) is 13.9. The lowest BCUT2D eigenvalue weighted by molar-refractivity contribution is -0.202. The summed E-state index contributed by atoms with van der Waals surface area (Å²) in [6, 6.07) is 0. The maximum absolute atomic E-state index is 13.9. The monoisotopic (exact) mass is 512 g/mol. The van der Waals surface area contributed by atoms with Gasteiger partial charge in [0.1, 0.15) is 0 Å². The Morgan fingerprint density at radius 1 is 0.946 bits per heavy atom. The fourth-order valence-electron chi connectivity index (χ4n) is 11.3. The molecule has 5 rings (SSSR count). The molecular weight excluding hydrogens is 456 g/mol. The molecule has 210 valence electrons. The summed E-state index contributed by atoms with van der Waals surface area (Å²) in [5.74, 6) is 1.66. The molecule has 0 aliphatic heterocycles. The fourth-order valence-corrected chi connectivity index (χ4v) is 11.3. The second-order valence-corrected chi connectivity index (χ2v) is 16.4. The molecule has 8 atom stereocenters. The first-order valence-corrected chi connectivity index (χ1v) is 15.7. The highest BCUT2D eigenvalue weighted by Gasteiger charge is 2.69. The van der Waals surface area contributed by atoms with Crippen LogP contribution < -0.4 is 0 Å². The van der Waals surface area contributed by atoms with Crippen LogP contribution in [-0.2, 0) is 9.53 Å². The number of rotatable bonds is 4. The van der Waals surface area contributed by atoms with Crippen molar-refractivity contribution in [2.75, 3.05) is 6.61 Å². The van der Waals surface area contributed by atoms with Gasteiger partial charge in [-0.1, -0.05) is 73.5 Å². The molecule has 0 radical (unpaired) electrons. The Morgan fingerprint density at radius 3 is 2.35 bits per heavy atom. The van der Waals surface area contributed by atoms with Crippen molar-refractivity contribution < 1.29 is 14.6 Å². The number of hydrogen-bond acceptors (Lipinski definition) is 3. The number of allylic oxidation sites excluding steroid dienone is 2. The van der Waals surface area contributed by atoms with Gasteiger partial charge < -0.3 is 9.84 Å². The molecule has 0 aromatic carbocycles. The Kier molecular flexibility index (Phi) is 6.62. The number of aliphatic hydroxyl groups is 1. The SMILES string of the molecule is CCCCOC(=O)[C@]12CCC(C)(C)C[C@H]1C1=CC[C@@H]3[C@@]4(C)C[C@H](O)CC(C)(C)[C@@H]4CC[C@@]3(C)[C@]1(C)CC2. The van der Waals surface area contributed by atoms with E-state index in [1.54, 1.807) is 5.57 Å². The predicted octanol–water partition coefficient (Wildman–Crippen LogP) is 8.49. The average Bonchev–Trinajstić information content (AvgIpc) is 2.78. The molecule has 0 bridgehead atoms. The normalized spacial score (nSPS) is 48.0. The minimum atomic E-state index is -0.331. The number of hydrogen-bond donors (Lipinski definition) is 1. The highest BCUT2D eigenvalue weighted by atomic mass is 16.5. The van der Waals surface area contributed by atoms with Gasteiger partial charge in [0.25, 0.3) is 0 Å². The lowest BCUT2D eigenvalue weighted by Gasteiger charge is -2.71. The van der Waals surface area contributed by atoms with Crippen LogP contribution in [0.2, 0.25) is 0 Å². The van der Waals surface area contributed by atoms with Crippen molar-refractivity contribution in [1.82, 2.24) is 0 Å². The van der Waals surface area contributed by atoms with Gasteiger partial charge in [0.05, 0.1) is 18.1 Å². The van der Waals surface area contributed by atoms with Crippen LogP contribution >= 0.6 is 0 Å². The summed E-state index contributed by atoms with van der Waals surface area (Å²) in [7, 11) is 0. The third-order valence-electron chi connectivity index (χ3n) is 13.4. The van der Waals surface area contributed by atoms with Crippen LogP contribution in [0.3, 0.4) is 0 Å². The molecule has 3 heteroatoms. The standard InChI is InChI=1S/C34H56O3/c1-9-10-19-37-28(36)34-17-15-29(2,3)22-25(34)24-11-12-27-31(6)21-23(35)20-30(4,5)26(31)13-14-33(27,8)32(24,7)16-18-34/h11,23,25-27,35H,9-10,12-22H2,1-8H3/t23-,25+,26+,27-,31+,32-,33-,34+/m1/s1. The van der Waals surface area contributed by atoms with Crippen LogP contribution in [0.5, 0.6) is 0 Å². The lowest BCUT2D eigenvalue weighted by atomic mass is 9.33. The quantitative estimate of drug-likeness (QED) is 0.233. The molecule has 0 unspecified atom stereocenters. The van der Waals surface area contributed by atoms with Crippen LogP contribution in [0, 0.1) is 50.2 Å². The summed E-state index contributed by atoms with van der Waals surface area (Å²) in [5.41, 5.74) is 2.21. The number of esters is 1. The van der Waals surface area contributed by atoms with Gasteiger partial charge in [0.15, 0.2) is 0 Å². The first-order chi connectivity index (χ1) is 17.2. The molecule has 0 amide bonds. The van der Waals surface area contributed by atoms with Crippen molar-refractivity contribution in [1.29, 1.82) is 0 Å². The topological polar surface area (TPSA) is 46.5 Å². The third kappa shape index (κ3) is 3.93. The summed E-state index contributed by atoms with van der Waals surface area (Å²) in [6.45, 7) is 20.1. The van der Waals surface area contributed by atoms with Gasteiger partial charge in [-0.2, -0.15) is 0 Å². The Hall–Kier alpha value is -0.830. The molecule has 4 fully saturated rings. The van der Waals surface area contributed by atoms with E-state index in [0.29, 0.717) is 24.4 Å². The average molecular weight is 513 g/mol. The van der Waals surface area contributed by atoms with Crippen molar-refractivity contribution >= 4 is 5.97 Å². The molecule has 0 saturated heterocycles. The summed E-state index contributed by atoms with van der Waals surface area (Å²) < 4.78 is 6.02. The predicted molar refractivity (Wildman–Crippen MR) is 151 cm³/mol. The molecule has 0 aromatic heterocycles. The van der Waals surface area contributed by atoms with Gasteiger partial charge in [-0.3, -0.25) is 4.79 Å². The van der Waals surface area contributed by atoms with E-state index in [2.05, 4.69) is 61.5 Å². The second-order valence-electron chi connectivity index (χ2n) is 16.4. The van der Waals surface area contributed by atoms with Gasteiger partial charge in [0.2, 0.25) is 0 Å². The fraction of sp³-hybridized carbons (Fsp3) is 0.912. The first-order valence-electron chi connectivity index (χ1n) is 15.7. The van der Waals surface area contributed by atoms with E-state index in [1.165, 1.54) is 12.8 Å². The smallest absolute Gasteiger partial charge is 0.312 e. The molecule has 3 nitrogen and oxygen atoms in total. The van der Waals surface area contributed by atoms with Gasteiger partial charge in [0, 0.05) is 0 Å². The van der Waals surface area contributed by atoms with Crippen molar-refractivity contribution in [3.8, 4) is 0 Å². The summed E-state index contributed by atoms with van der Waals surface area (Å²) in [5, 5.41) is 11.0. The van der Waals surface area contributed by atoms with Crippen LogP contribution in [-0.4, -0.2) is 23.8 Å². The van der Waals surface area contributed by atoms with Crippen LogP contribution in [0.25, 0.3) is 0 Å². The molecular formula is C34H56O3. The van der Waals surface area contributed by atoms with E-state index < -0.39 is 0 Å². The summed E-state index contributed by atoms with van der Waals surface area (Å²) in [6.07, 6.45) is 15.3. The van der Waals surface area contributed by atoms with Gasteiger partial charge in [-0.05, 0) is 115 Å². The molecule has 0 spiro atoms. The molecule has 5 aliphatic rings. The second kappa shape index (κ2) is 8.84. The minimum absolute atomic E-state index is 0.101. The highest BCUT2D eigenvalue weighted by molar-refractivity contribution is 5.78. The number of carbonyl (C=O) groups is 1. The van der Waals surface area contributed by atoms with Crippen molar-refractivity contribution in [2.45, 2.75) is 139 Å². The van der Waals surface area contributed by atoms with E-state index in [4.69, 9.17) is 4.74 Å². The Morgan fingerprint density at radius 2 is 1.65 bits per heavy atom.